The molecule has 0 bridgehead atoms. The lowest BCUT2D eigenvalue weighted by atomic mass is 10.1. The first kappa shape index (κ1) is 16.9. The second kappa shape index (κ2) is 8.22. The van der Waals surface area contributed by atoms with E-state index in [1.165, 1.54) is 18.5 Å². The van der Waals surface area contributed by atoms with Crippen molar-refractivity contribution in [1.29, 1.82) is 0 Å². The maximum absolute atomic E-state index is 12.8. The van der Waals surface area contributed by atoms with Crippen LogP contribution in [-0.2, 0) is 6.42 Å². The molecule has 1 amide bonds. The molecule has 1 heterocycles. The zero-order valence-corrected chi connectivity index (χ0v) is 13.4. The number of aromatic nitrogens is 2. The van der Waals surface area contributed by atoms with Gasteiger partial charge in [-0.2, -0.15) is 0 Å². The van der Waals surface area contributed by atoms with Crippen LogP contribution in [0, 0.1) is 5.82 Å². The molecule has 1 aromatic carbocycles. The SMILES string of the molecule is CCN(CC)C(=O)c1cc(NCCc2ccc(F)cc2)ncn1. The Balaban J connectivity index is 1.94. The third-order valence-electron chi connectivity index (χ3n) is 3.57. The highest BCUT2D eigenvalue weighted by Gasteiger charge is 2.14. The van der Waals surface area contributed by atoms with Crippen LogP contribution in [0.5, 0.6) is 0 Å². The topological polar surface area (TPSA) is 58.1 Å². The number of amides is 1. The summed E-state index contributed by atoms with van der Waals surface area (Å²) in [6, 6.07) is 8.06. The van der Waals surface area contributed by atoms with Crippen molar-refractivity contribution in [1.82, 2.24) is 14.9 Å². The Morgan fingerprint density at radius 2 is 1.87 bits per heavy atom. The lowest BCUT2D eigenvalue weighted by molar-refractivity contribution is 0.0767. The molecule has 23 heavy (non-hydrogen) atoms. The quantitative estimate of drug-likeness (QED) is 0.853. The van der Waals surface area contributed by atoms with Crippen LogP contribution in [0.1, 0.15) is 29.9 Å². The van der Waals surface area contributed by atoms with Gasteiger partial charge in [-0.25, -0.2) is 14.4 Å². The summed E-state index contributed by atoms with van der Waals surface area (Å²) in [6.07, 6.45) is 2.13. The molecule has 1 aromatic heterocycles. The molecule has 0 saturated carbocycles. The Kier molecular flexibility index (Phi) is 6.02. The fourth-order valence-corrected chi connectivity index (χ4v) is 2.23. The standard InChI is InChI=1S/C17H21FN4O/c1-3-22(4-2)17(23)15-11-16(21-12-20-15)19-10-9-13-5-7-14(18)8-6-13/h5-8,11-12H,3-4,9-10H2,1-2H3,(H,19,20,21). The number of hydrogen-bond donors (Lipinski definition) is 1. The lowest BCUT2D eigenvalue weighted by Gasteiger charge is -2.18. The van der Waals surface area contributed by atoms with Gasteiger partial charge in [-0.1, -0.05) is 12.1 Å². The molecule has 5 nitrogen and oxygen atoms in total. The Bertz CT molecular complexity index is 641. The molecular formula is C17H21FN4O. The molecule has 0 atom stereocenters. The van der Waals surface area contributed by atoms with Gasteiger partial charge in [-0.15, -0.1) is 0 Å². The number of anilines is 1. The predicted molar refractivity (Wildman–Crippen MR) is 87.9 cm³/mol. The van der Waals surface area contributed by atoms with Gasteiger partial charge in [-0.05, 0) is 38.0 Å². The first-order valence-electron chi connectivity index (χ1n) is 7.73. The third-order valence-corrected chi connectivity index (χ3v) is 3.57. The van der Waals surface area contributed by atoms with Crippen LogP contribution in [0.15, 0.2) is 36.7 Å². The van der Waals surface area contributed by atoms with Crippen molar-refractivity contribution >= 4 is 11.7 Å². The van der Waals surface area contributed by atoms with Gasteiger partial charge in [0, 0.05) is 25.7 Å². The molecule has 0 aliphatic heterocycles. The summed E-state index contributed by atoms with van der Waals surface area (Å²) < 4.78 is 12.8. The van der Waals surface area contributed by atoms with E-state index in [1.807, 2.05) is 13.8 Å². The van der Waals surface area contributed by atoms with Crippen LogP contribution < -0.4 is 5.32 Å². The molecule has 0 unspecified atom stereocenters. The van der Waals surface area contributed by atoms with Crippen LogP contribution in [0.2, 0.25) is 0 Å². The number of rotatable bonds is 7. The van der Waals surface area contributed by atoms with Gasteiger partial charge >= 0.3 is 0 Å². The maximum Gasteiger partial charge on any atom is 0.272 e. The third kappa shape index (κ3) is 4.74. The fraction of sp³-hybridized carbons (Fsp3) is 0.353. The molecule has 122 valence electrons. The molecule has 1 N–H and O–H groups in total. The number of benzene rings is 1. The second-order valence-electron chi connectivity index (χ2n) is 5.07. The monoisotopic (exact) mass is 316 g/mol. The molecule has 2 aromatic rings. The van der Waals surface area contributed by atoms with Crippen molar-refractivity contribution in [2.45, 2.75) is 20.3 Å². The Morgan fingerprint density at radius 1 is 1.17 bits per heavy atom. The number of hydrogen-bond acceptors (Lipinski definition) is 4. The van der Waals surface area contributed by atoms with E-state index in [0.717, 1.165) is 12.0 Å². The average Bonchev–Trinajstić information content (AvgIpc) is 2.58. The van der Waals surface area contributed by atoms with Gasteiger partial charge in [0.1, 0.15) is 23.7 Å². The molecule has 0 spiro atoms. The highest BCUT2D eigenvalue weighted by Crippen LogP contribution is 2.08. The summed E-state index contributed by atoms with van der Waals surface area (Å²) in [5, 5.41) is 3.16. The van der Waals surface area contributed by atoms with Crippen molar-refractivity contribution in [3.63, 3.8) is 0 Å². The van der Waals surface area contributed by atoms with E-state index in [4.69, 9.17) is 0 Å². The summed E-state index contributed by atoms with van der Waals surface area (Å²) in [5.74, 6) is 0.272. The number of carbonyl (C=O) groups excluding carboxylic acids is 1. The minimum absolute atomic E-state index is 0.0982. The van der Waals surface area contributed by atoms with Crippen molar-refractivity contribution in [2.24, 2.45) is 0 Å². The van der Waals surface area contributed by atoms with E-state index >= 15 is 0 Å². The minimum atomic E-state index is -0.239. The first-order chi connectivity index (χ1) is 11.1. The summed E-state index contributed by atoms with van der Waals surface area (Å²) in [5.41, 5.74) is 1.42. The number of halogens is 1. The summed E-state index contributed by atoms with van der Waals surface area (Å²) in [7, 11) is 0. The minimum Gasteiger partial charge on any atom is -0.370 e. The number of nitrogens with one attached hydrogen (secondary N) is 1. The summed E-state index contributed by atoms with van der Waals surface area (Å²) >= 11 is 0. The zero-order valence-electron chi connectivity index (χ0n) is 13.4. The van der Waals surface area contributed by atoms with Gasteiger partial charge < -0.3 is 10.2 Å². The van der Waals surface area contributed by atoms with Crippen LogP contribution in [0.3, 0.4) is 0 Å². The second-order valence-corrected chi connectivity index (χ2v) is 5.07. The van der Waals surface area contributed by atoms with E-state index in [-0.39, 0.29) is 11.7 Å². The lowest BCUT2D eigenvalue weighted by Crippen LogP contribution is -2.31. The van der Waals surface area contributed by atoms with Gasteiger partial charge in [0.25, 0.3) is 5.91 Å². The van der Waals surface area contributed by atoms with Crippen molar-refractivity contribution in [2.75, 3.05) is 25.0 Å². The molecule has 2 rings (SSSR count). The van der Waals surface area contributed by atoms with E-state index in [1.54, 1.807) is 23.1 Å². The van der Waals surface area contributed by atoms with Gasteiger partial charge in [0.2, 0.25) is 0 Å². The summed E-state index contributed by atoms with van der Waals surface area (Å²) in [6.45, 7) is 5.80. The maximum atomic E-state index is 12.8. The molecule has 0 saturated heterocycles. The molecular weight excluding hydrogens is 295 g/mol. The molecule has 6 heteroatoms. The van der Waals surface area contributed by atoms with Crippen molar-refractivity contribution < 1.29 is 9.18 Å². The van der Waals surface area contributed by atoms with Gasteiger partial charge in [0.15, 0.2) is 0 Å². The van der Waals surface area contributed by atoms with Crippen LogP contribution in [-0.4, -0.2) is 40.4 Å². The van der Waals surface area contributed by atoms with Crippen LogP contribution >= 0.6 is 0 Å². The van der Waals surface area contributed by atoms with Crippen LogP contribution in [0.4, 0.5) is 10.2 Å². The predicted octanol–water partition coefficient (Wildman–Crippen LogP) is 2.75. The fourth-order valence-electron chi connectivity index (χ4n) is 2.23. The molecule has 0 fully saturated rings. The highest BCUT2D eigenvalue weighted by atomic mass is 19.1. The van der Waals surface area contributed by atoms with E-state index < -0.39 is 0 Å². The Labute approximate surface area is 135 Å². The van der Waals surface area contributed by atoms with Crippen molar-refractivity contribution in [3.8, 4) is 0 Å². The van der Waals surface area contributed by atoms with Crippen molar-refractivity contribution in [3.05, 3.63) is 53.7 Å². The Morgan fingerprint density at radius 3 is 2.52 bits per heavy atom. The van der Waals surface area contributed by atoms with Gasteiger partial charge in [-0.3, -0.25) is 4.79 Å². The number of carbonyl (C=O) groups is 1. The molecule has 0 aliphatic rings. The first-order valence-corrected chi connectivity index (χ1v) is 7.73. The highest BCUT2D eigenvalue weighted by molar-refractivity contribution is 5.92. The van der Waals surface area contributed by atoms with E-state index in [0.29, 0.717) is 31.1 Å². The van der Waals surface area contributed by atoms with Crippen LogP contribution in [0.25, 0.3) is 0 Å². The average molecular weight is 316 g/mol. The smallest absolute Gasteiger partial charge is 0.272 e. The van der Waals surface area contributed by atoms with E-state index in [9.17, 15) is 9.18 Å². The zero-order chi connectivity index (χ0) is 16.7. The Hall–Kier alpha value is -2.50. The number of nitrogens with zero attached hydrogens (tertiary/aromatic N) is 3. The molecule has 0 radical (unpaired) electrons. The summed E-state index contributed by atoms with van der Waals surface area (Å²) in [4.78, 5) is 22.1. The molecule has 0 aliphatic carbocycles. The normalized spacial score (nSPS) is 10.4. The van der Waals surface area contributed by atoms with Gasteiger partial charge in [0.05, 0.1) is 0 Å². The largest absolute Gasteiger partial charge is 0.370 e. The van der Waals surface area contributed by atoms with E-state index in [2.05, 4.69) is 15.3 Å².